The molecule has 84 valence electrons. The van der Waals surface area contributed by atoms with Crippen molar-refractivity contribution in [3.63, 3.8) is 0 Å². The van der Waals surface area contributed by atoms with Gasteiger partial charge < -0.3 is 4.74 Å². The maximum atomic E-state index is 5.24. The number of hydrogen-bond acceptors (Lipinski definition) is 3. The number of nitrogens with zero attached hydrogens (tertiary/aromatic N) is 2. The zero-order chi connectivity index (χ0) is 11.5. The molecule has 0 bridgehead atoms. The molecule has 0 unspecified atom stereocenters. The van der Waals surface area contributed by atoms with Crippen LogP contribution in [0, 0.1) is 6.92 Å². The SMILES string of the molecule is COc1ccc(N2C=CCC(C)=N2)cc1C. The normalized spacial score (nSPS) is 14.9. The van der Waals surface area contributed by atoms with Crippen molar-refractivity contribution in [1.29, 1.82) is 0 Å². The summed E-state index contributed by atoms with van der Waals surface area (Å²) in [7, 11) is 1.69. The zero-order valence-electron chi connectivity index (χ0n) is 9.90. The number of hydrogen-bond donors (Lipinski definition) is 0. The molecule has 0 saturated carbocycles. The van der Waals surface area contributed by atoms with Crippen LogP contribution in [0.15, 0.2) is 35.6 Å². The van der Waals surface area contributed by atoms with Crippen molar-refractivity contribution in [3.05, 3.63) is 36.0 Å². The Bertz CT molecular complexity index is 449. The molecule has 0 fully saturated rings. The van der Waals surface area contributed by atoms with E-state index in [0.717, 1.165) is 29.1 Å². The lowest BCUT2D eigenvalue weighted by molar-refractivity contribution is 0.411. The summed E-state index contributed by atoms with van der Waals surface area (Å²) in [6.07, 6.45) is 5.04. The Balaban J connectivity index is 2.31. The first-order valence-electron chi connectivity index (χ1n) is 5.35. The van der Waals surface area contributed by atoms with E-state index in [0.29, 0.717) is 0 Å². The van der Waals surface area contributed by atoms with Crippen molar-refractivity contribution in [3.8, 4) is 5.75 Å². The Morgan fingerprint density at radius 2 is 2.12 bits per heavy atom. The molecular weight excluding hydrogens is 200 g/mol. The van der Waals surface area contributed by atoms with Gasteiger partial charge in [-0.2, -0.15) is 5.10 Å². The van der Waals surface area contributed by atoms with Crippen molar-refractivity contribution < 1.29 is 4.74 Å². The van der Waals surface area contributed by atoms with E-state index in [9.17, 15) is 0 Å². The second-order valence-corrected chi connectivity index (χ2v) is 3.92. The van der Waals surface area contributed by atoms with E-state index in [-0.39, 0.29) is 0 Å². The Morgan fingerprint density at radius 1 is 1.31 bits per heavy atom. The molecular formula is C13H16N2O. The molecule has 0 aliphatic carbocycles. The molecule has 0 atom stereocenters. The van der Waals surface area contributed by atoms with Gasteiger partial charge in [-0.1, -0.05) is 6.08 Å². The summed E-state index contributed by atoms with van der Waals surface area (Å²) in [5, 5.41) is 6.37. The second kappa shape index (κ2) is 4.39. The molecule has 1 aromatic carbocycles. The van der Waals surface area contributed by atoms with Crippen LogP contribution >= 0.6 is 0 Å². The topological polar surface area (TPSA) is 24.8 Å². The molecule has 0 spiro atoms. The number of hydrazone groups is 1. The monoisotopic (exact) mass is 216 g/mol. The molecule has 3 heteroatoms. The number of rotatable bonds is 2. The van der Waals surface area contributed by atoms with Gasteiger partial charge in [0.2, 0.25) is 0 Å². The predicted octanol–water partition coefficient (Wildman–Crippen LogP) is 3.10. The van der Waals surface area contributed by atoms with Gasteiger partial charge in [0.1, 0.15) is 5.75 Å². The van der Waals surface area contributed by atoms with Crippen LogP contribution in [0.25, 0.3) is 0 Å². The lowest BCUT2D eigenvalue weighted by Gasteiger charge is -2.19. The summed E-state index contributed by atoms with van der Waals surface area (Å²) in [6, 6.07) is 6.06. The Kier molecular flexibility index (Phi) is 2.95. The van der Waals surface area contributed by atoms with Gasteiger partial charge in [0.15, 0.2) is 0 Å². The third kappa shape index (κ3) is 2.08. The van der Waals surface area contributed by atoms with Crippen molar-refractivity contribution in [2.45, 2.75) is 20.3 Å². The smallest absolute Gasteiger partial charge is 0.121 e. The molecule has 2 rings (SSSR count). The third-order valence-electron chi connectivity index (χ3n) is 2.58. The minimum atomic E-state index is 0.908. The first kappa shape index (κ1) is 10.7. The molecule has 0 aromatic heterocycles. The Labute approximate surface area is 96.0 Å². The number of benzene rings is 1. The lowest BCUT2D eigenvalue weighted by atomic mass is 10.2. The molecule has 0 saturated heterocycles. The van der Waals surface area contributed by atoms with Gasteiger partial charge in [0, 0.05) is 18.3 Å². The highest BCUT2D eigenvalue weighted by molar-refractivity contribution is 5.85. The highest BCUT2D eigenvalue weighted by Crippen LogP contribution is 2.25. The van der Waals surface area contributed by atoms with E-state index in [2.05, 4.69) is 17.2 Å². The second-order valence-electron chi connectivity index (χ2n) is 3.92. The molecule has 0 radical (unpaired) electrons. The Morgan fingerprint density at radius 3 is 2.75 bits per heavy atom. The van der Waals surface area contributed by atoms with Gasteiger partial charge in [0.25, 0.3) is 0 Å². The number of anilines is 1. The maximum absolute atomic E-state index is 5.24. The van der Waals surface area contributed by atoms with Crippen LogP contribution in [-0.4, -0.2) is 12.8 Å². The van der Waals surface area contributed by atoms with Gasteiger partial charge in [-0.05, 0) is 37.6 Å². The summed E-state index contributed by atoms with van der Waals surface area (Å²) in [5.74, 6) is 0.908. The average Bonchev–Trinajstić information content (AvgIpc) is 2.29. The molecule has 1 aromatic rings. The van der Waals surface area contributed by atoms with E-state index < -0.39 is 0 Å². The predicted molar refractivity (Wildman–Crippen MR) is 67.1 cm³/mol. The number of aryl methyl sites for hydroxylation is 1. The maximum Gasteiger partial charge on any atom is 0.121 e. The number of methoxy groups -OCH3 is 1. The van der Waals surface area contributed by atoms with Gasteiger partial charge in [0.05, 0.1) is 12.8 Å². The quantitative estimate of drug-likeness (QED) is 0.758. The molecule has 16 heavy (non-hydrogen) atoms. The largest absolute Gasteiger partial charge is 0.496 e. The Hall–Kier alpha value is -1.77. The average molecular weight is 216 g/mol. The van der Waals surface area contributed by atoms with Crippen LogP contribution in [0.2, 0.25) is 0 Å². The van der Waals surface area contributed by atoms with E-state index in [1.165, 1.54) is 0 Å². The van der Waals surface area contributed by atoms with Gasteiger partial charge in [-0.25, -0.2) is 5.01 Å². The van der Waals surface area contributed by atoms with Crippen LogP contribution in [-0.2, 0) is 0 Å². The third-order valence-corrected chi connectivity index (χ3v) is 2.58. The molecule has 1 aliphatic rings. The van der Waals surface area contributed by atoms with E-state index >= 15 is 0 Å². The fraction of sp³-hybridized carbons (Fsp3) is 0.308. The molecule has 1 heterocycles. The molecule has 1 aliphatic heterocycles. The van der Waals surface area contributed by atoms with E-state index in [4.69, 9.17) is 4.74 Å². The van der Waals surface area contributed by atoms with Crippen molar-refractivity contribution >= 4 is 11.4 Å². The van der Waals surface area contributed by atoms with Gasteiger partial charge in [-0.15, -0.1) is 0 Å². The minimum absolute atomic E-state index is 0.908. The van der Waals surface area contributed by atoms with Crippen LogP contribution in [0.5, 0.6) is 5.75 Å². The van der Waals surface area contributed by atoms with Crippen LogP contribution < -0.4 is 9.75 Å². The summed E-state index contributed by atoms with van der Waals surface area (Å²) in [6.45, 7) is 4.07. The summed E-state index contributed by atoms with van der Waals surface area (Å²) in [5.41, 5.74) is 3.30. The zero-order valence-corrected chi connectivity index (χ0v) is 9.90. The summed E-state index contributed by atoms with van der Waals surface area (Å²) >= 11 is 0. The first-order chi connectivity index (χ1) is 7.70. The number of ether oxygens (including phenoxy) is 1. The fourth-order valence-corrected chi connectivity index (χ4v) is 1.73. The standard InChI is InChI=1S/C13H16N2O/c1-10-9-12(6-7-13(10)16-3)15-8-4-5-11(2)14-15/h4,6-9H,5H2,1-3H3. The van der Waals surface area contributed by atoms with Crippen molar-refractivity contribution in [1.82, 2.24) is 0 Å². The van der Waals surface area contributed by atoms with Crippen molar-refractivity contribution in [2.24, 2.45) is 5.10 Å². The van der Waals surface area contributed by atoms with Crippen LogP contribution in [0.3, 0.4) is 0 Å². The van der Waals surface area contributed by atoms with Crippen LogP contribution in [0.1, 0.15) is 18.9 Å². The van der Waals surface area contributed by atoms with E-state index in [1.807, 2.05) is 37.2 Å². The molecule has 0 amide bonds. The van der Waals surface area contributed by atoms with E-state index in [1.54, 1.807) is 7.11 Å². The van der Waals surface area contributed by atoms with Gasteiger partial charge >= 0.3 is 0 Å². The molecule has 0 N–H and O–H groups in total. The minimum Gasteiger partial charge on any atom is -0.496 e. The fourth-order valence-electron chi connectivity index (χ4n) is 1.73. The van der Waals surface area contributed by atoms with Gasteiger partial charge in [-0.3, -0.25) is 0 Å². The first-order valence-corrected chi connectivity index (χ1v) is 5.35. The number of allylic oxidation sites excluding steroid dienone is 1. The summed E-state index contributed by atoms with van der Waals surface area (Å²) < 4.78 is 5.24. The highest BCUT2D eigenvalue weighted by atomic mass is 16.5. The van der Waals surface area contributed by atoms with Crippen LogP contribution in [0.4, 0.5) is 5.69 Å². The lowest BCUT2D eigenvalue weighted by Crippen LogP contribution is -2.14. The van der Waals surface area contributed by atoms with Crippen molar-refractivity contribution in [2.75, 3.05) is 12.1 Å². The molecule has 3 nitrogen and oxygen atoms in total. The highest BCUT2D eigenvalue weighted by Gasteiger charge is 2.07. The summed E-state index contributed by atoms with van der Waals surface area (Å²) in [4.78, 5) is 0.